The molecular formula is C18H12F5N3O. The highest BCUT2D eigenvalue weighted by Crippen LogP contribution is 2.33. The minimum absolute atomic E-state index is 0.00634. The zero-order valence-corrected chi connectivity index (χ0v) is 13.6. The smallest absolute Gasteiger partial charge is 0.305 e. The van der Waals surface area contributed by atoms with Crippen LogP contribution in [0, 0.1) is 11.6 Å². The molecule has 140 valence electrons. The lowest BCUT2D eigenvalue weighted by Gasteiger charge is -2.13. The number of nitrogens with zero attached hydrogens (tertiary/aromatic N) is 2. The van der Waals surface area contributed by atoms with Crippen LogP contribution in [-0.4, -0.2) is 15.7 Å². The number of nitrogens with one attached hydrogen (secondary N) is 1. The molecule has 1 amide bonds. The van der Waals surface area contributed by atoms with Crippen LogP contribution in [0.4, 0.5) is 27.8 Å². The molecule has 3 rings (SSSR count). The van der Waals surface area contributed by atoms with Gasteiger partial charge in [0.1, 0.15) is 11.6 Å². The summed E-state index contributed by atoms with van der Waals surface area (Å²) in [5, 5.41) is 6.23. The number of anilines is 1. The van der Waals surface area contributed by atoms with Gasteiger partial charge in [-0.25, -0.2) is 8.78 Å². The maximum Gasteiger partial charge on any atom is 0.416 e. The van der Waals surface area contributed by atoms with Gasteiger partial charge in [-0.2, -0.15) is 18.3 Å². The fourth-order valence-corrected chi connectivity index (χ4v) is 2.49. The number of halogens is 5. The summed E-state index contributed by atoms with van der Waals surface area (Å²) in [4.78, 5) is 12.0. The molecule has 0 spiro atoms. The van der Waals surface area contributed by atoms with Crippen molar-refractivity contribution < 1.29 is 26.7 Å². The van der Waals surface area contributed by atoms with Crippen LogP contribution in [-0.2, 0) is 12.7 Å². The largest absolute Gasteiger partial charge is 0.416 e. The minimum Gasteiger partial charge on any atom is -0.305 e. The molecule has 27 heavy (non-hydrogen) atoms. The van der Waals surface area contributed by atoms with Crippen molar-refractivity contribution in [2.45, 2.75) is 12.7 Å². The Kier molecular flexibility index (Phi) is 4.93. The summed E-state index contributed by atoms with van der Waals surface area (Å²) in [6, 6.07) is 9.29. The lowest BCUT2D eigenvalue weighted by Crippen LogP contribution is -2.15. The second-order valence-electron chi connectivity index (χ2n) is 5.60. The highest BCUT2D eigenvalue weighted by atomic mass is 19.4. The van der Waals surface area contributed by atoms with Crippen LogP contribution < -0.4 is 5.32 Å². The van der Waals surface area contributed by atoms with Crippen molar-refractivity contribution in [3.8, 4) is 0 Å². The Bertz CT molecular complexity index is 981. The molecule has 2 aromatic carbocycles. The van der Waals surface area contributed by atoms with Gasteiger partial charge in [-0.3, -0.25) is 9.48 Å². The molecule has 0 fully saturated rings. The van der Waals surface area contributed by atoms with Gasteiger partial charge >= 0.3 is 6.18 Å². The number of amides is 1. The number of carbonyl (C=O) groups excluding carboxylic acids is 1. The van der Waals surface area contributed by atoms with Crippen molar-refractivity contribution in [1.82, 2.24) is 9.78 Å². The van der Waals surface area contributed by atoms with Crippen molar-refractivity contribution in [2.75, 3.05) is 5.32 Å². The average molecular weight is 381 g/mol. The molecule has 0 aliphatic heterocycles. The van der Waals surface area contributed by atoms with E-state index in [9.17, 15) is 26.7 Å². The minimum atomic E-state index is -4.72. The molecule has 0 aliphatic carbocycles. The van der Waals surface area contributed by atoms with E-state index in [1.54, 1.807) is 0 Å². The van der Waals surface area contributed by atoms with E-state index < -0.39 is 41.4 Å². The van der Waals surface area contributed by atoms with Gasteiger partial charge in [0.2, 0.25) is 0 Å². The molecule has 0 bridgehead atoms. The maximum atomic E-state index is 13.9. The fraction of sp³-hybridized carbons (Fsp3) is 0.111. The number of hydrogen-bond donors (Lipinski definition) is 1. The summed E-state index contributed by atoms with van der Waals surface area (Å²) in [6.45, 7) is -0.489. The lowest BCUT2D eigenvalue weighted by molar-refractivity contribution is -0.138. The fourth-order valence-electron chi connectivity index (χ4n) is 2.49. The SMILES string of the molecule is O=C(Nc1ccn(Cc2c(F)cccc2C(F)(F)F)n1)c1ccccc1F. The third kappa shape index (κ3) is 4.13. The summed E-state index contributed by atoms with van der Waals surface area (Å²) < 4.78 is 67.7. The van der Waals surface area contributed by atoms with Gasteiger partial charge in [-0.15, -0.1) is 0 Å². The quantitative estimate of drug-likeness (QED) is 0.678. The molecule has 0 radical (unpaired) electrons. The predicted octanol–water partition coefficient (Wildman–Crippen LogP) is 4.48. The highest BCUT2D eigenvalue weighted by Gasteiger charge is 2.34. The highest BCUT2D eigenvalue weighted by molar-refractivity contribution is 6.03. The van der Waals surface area contributed by atoms with E-state index >= 15 is 0 Å². The van der Waals surface area contributed by atoms with Crippen LogP contribution in [0.1, 0.15) is 21.5 Å². The van der Waals surface area contributed by atoms with Gasteiger partial charge in [0, 0.05) is 17.8 Å². The summed E-state index contributed by atoms with van der Waals surface area (Å²) in [7, 11) is 0. The molecule has 0 unspecified atom stereocenters. The number of rotatable bonds is 4. The molecular weight excluding hydrogens is 369 g/mol. The van der Waals surface area contributed by atoms with Crippen molar-refractivity contribution in [3.63, 3.8) is 0 Å². The van der Waals surface area contributed by atoms with Gasteiger partial charge in [0.25, 0.3) is 5.91 Å². The van der Waals surface area contributed by atoms with Gasteiger partial charge in [0.05, 0.1) is 17.7 Å². The Morgan fingerprint density at radius 2 is 1.70 bits per heavy atom. The van der Waals surface area contributed by atoms with Crippen LogP contribution in [0.15, 0.2) is 54.7 Å². The van der Waals surface area contributed by atoms with Gasteiger partial charge < -0.3 is 5.32 Å². The van der Waals surface area contributed by atoms with Crippen LogP contribution in [0.2, 0.25) is 0 Å². The first kappa shape index (κ1) is 18.6. The molecule has 4 nitrogen and oxygen atoms in total. The van der Waals surface area contributed by atoms with Crippen molar-refractivity contribution >= 4 is 11.7 Å². The topological polar surface area (TPSA) is 46.9 Å². The predicted molar refractivity (Wildman–Crippen MR) is 87.1 cm³/mol. The molecule has 9 heteroatoms. The zero-order valence-electron chi connectivity index (χ0n) is 13.6. The zero-order chi connectivity index (χ0) is 19.6. The van der Waals surface area contributed by atoms with Crippen LogP contribution in [0.3, 0.4) is 0 Å². The monoisotopic (exact) mass is 381 g/mol. The number of carbonyl (C=O) groups is 1. The Hall–Kier alpha value is -3.23. The Labute approximate surface area is 150 Å². The molecule has 0 atom stereocenters. The van der Waals surface area contributed by atoms with Crippen molar-refractivity contribution in [1.29, 1.82) is 0 Å². The maximum absolute atomic E-state index is 13.9. The number of hydrogen-bond acceptors (Lipinski definition) is 2. The molecule has 0 aliphatic rings. The van der Waals surface area contributed by atoms with E-state index in [0.29, 0.717) is 0 Å². The summed E-state index contributed by atoms with van der Waals surface area (Å²) in [6.07, 6.45) is -3.43. The number of alkyl halides is 3. The summed E-state index contributed by atoms with van der Waals surface area (Å²) >= 11 is 0. The van der Waals surface area contributed by atoms with Crippen LogP contribution >= 0.6 is 0 Å². The first-order valence-corrected chi connectivity index (χ1v) is 7.69. The normalized spacial score (nSPS) is 11.4. The van der Waals surface area contributed by atoms with Crippen LogP contribution in [0.25, 0.3) is 0 Å². The van der Waals surface area contributed by atoms with Crippen molar-refractivity contribution in [3.05, 3.63) is 83.1 Å². The van der Waals surface area contributed by atoms with Gasteiger partial charge in [-0.05, 0) is 24.3 Å². The molecule has 1 heterocycles. The van der Waals surface area contributed by atoms with E-state index in [4.69, 9.17) is 0 Å². The molecule has 0 saturated heterocycles. The van der Waals surface area contributed by atoms with E-state index in [0.717, 1.165) is 28.9 Å². The van der Waals surface area contributed by atoms with Gasteiger partial charge in [0.15, 0.2) is 5.82 Å². The summed E-state index contributed by atoms with van der Waals surface area (Å²) in [5.74, 6) is -2.51. The van der Waals surface area contributed by atoms with E-state index in [2.05, 4.69) is 10.4 Å². The molecule has 3 aromatic rings. The third-order valence-corrected chi connectivity index (χ3v) is 3.75. The first-order valence-electron chi connectivity index (χ1n) is 7.69. The Balaban J connectivity index is 1.80. The van der Waals surface area contributed by atoms with E-state index in [-0.39, 0.29) is 11.4 Å². The number of aromatic nitrogens is 2. The second kappa shape index (κ2) is 7.18. The number of benzene rings is 2. The molecule has 1 aromatic heterocycles. The van der Waals surface area contributed by atoms with Gasteiger partial charge in [-0.1, -0.05) is 18.2 Å². The second-order valence-corrected chi connectivity index (χ2v) is 5.60. The van der Waals surface area contributed by atoms with E-state index in [1.807, 2.05) is 0 Å². The molecule has 0 saturated carbocycles. The molecule has 1 N–H and O–H groups in total. The Morgan fingerprint density at radius 1 is 1.00 bits per heavy atom. The first-order chi connectivity index (χ1) is 12.8. The van der Waals surface area contributed by atoms with E-state index in [1.165, 1.54) is 30.5 Å². The van der Waals surface area contributed by atoms with Crippen LogP contribution in [0.5, 0.6) is 0 Å². The standard InChI is InChI=1S/C18H12F5N3O/c19-14-6-2-1-4-11(14)17(27)24-16-8-9-26(25-16)10-12-13(18(21,22)23)5-3-7-15(12)20/h1-9H,10H2,(H,24,25,27). The van der Waals surface area contributed by atoms with Crippen molar-refractivity contribution in [2.24, 2.45) is 0 Å². The third-order valence-electron chi connectivity index (χ3n) is 3.75. The summed E-state index contributed by atoms with van der Waals surface area (Å²) in [5.41, 5.74) is -1.88. The Morgan fingerprint density at radius 3 is 2.41 bits per heavy atom. The lowest BCUT2D eigenvalue weighted by atomic mass is 10.1. The average Bonchev–Trinajstić information content (AvgIpc) is 3.03.